The average molecular weight is 300 g/mol. The first-order valence-corrected chi connectivity index (χ1v) is 8.44. The van der Waals surface area contributed by atoms with Crippen LogP contribution in [-0.2, 0) is 9.53 Å². The van der Waals surface area contributed by atoms with Crippen LogP contribution in [0.2, 0.25) is 0 Å². The van der Waals surface area contributed by atoms with Gasteiger partial charge >= 0.3 is 0 Å². The third-order valence-electron chi connectivity index (χ3n) is 4.01. The van der Waals surface area contributed by atoms with E-state index in [-0.39, 0.29) is 18.1 Å². The number of primary amides is 1. The minimum absolute atomic E-state index is 0.0180. The molecule has 0 aromatic heterocycles. The second-order valence-electron chi connectivity index (χ2n) is 6.76. The summed E-state index contributed by atoms with van der Waals surface area (Å²) in [6.07, 6.45) is 5.46. The Morgan fingerprint density at radius 2 is 1.90 bits per heavy atom. The van der Waals surface area contributed by atoms with E-state index in [1.54, 1.807) is 0 Å². The summed E-state index contributed by atoms with van der Waals surface area (Å²) in [6.45, 7) is 13.1. The molecule has 4 heteroatoms. The molecule has 0 aliphatic heterocycles. The first-order chi connectivity index (χ1) is 9.75. The van der Waals surface area contributed by atoms with Gasteiger partial charge in [-0.1, -0.05) is 33.1 Å². The van der Waals surface area contributed by atoms with Crippen LogP contribution in [0.15, 0.2) is 0 Å². The Morgan fingerprint density at radius 3 is 2.33 bits per heavy atom. The number of amides is 1. The molecule has 0 aromatic carbocycles. The topological polar surface area (TPSA) is 64.3 Å². The Labute approximate surface area is 131 Å². The molecule has 126 valence electrons. The molecule has 0 radical (unpaired) electrons. The largest absolute Gasteiger partial charge is 0.378 e. The lowest BCUT2D eigenvalue weighted by atomic mass is 9.92. The number of nitrogens with two attached hydrogens (primary N) is 1. The maximum absolute atomic E-state index is 11.7. The molecule has 0 spiro atoms. The number of ether oxygens (including phenoxy) is 1. The highest BCUT2D eigenvalue weighted by Crippen LogP contribution is 2.18. The second kappa shape index (κ2) is 10.2. The predicted molar refractivity (Wildman–Crippen MR) is 89.2 cm³/mol. The summed E-state index contributed by atoms with van der Waals surface area (Å²) in [5.74, 6) is 0.301. The van der Waals surface area contributed by atoms with Crippen LogP contribution >= 0.6 is 0 Å². The minimum Gasteiger partial charge on any atom is -0.378 e. The van der Waals surface area contributed by atoms with Crippen LogP contribution in [0, 0.1) is 5.92 Å². The fourth-order valence-electron chi connectivity index (χ4n) is 2.70. The minimum atomic E-state index is -0.710. The molecule has 0 bridgehead atoms. The van der Waals surface area contributed by atoms with Gasteiger partial charge in [0.2, 0.25) is 5.91 Å². The van der Waals surface area contributed by atoms with Crippen molar-refractivity contribution in [1.29, 1.82) is 0 Å². The van der Waals surface area contributed by atoms with E-state index >= 15 is 0 Å². The van der Waals surface area contributed by atoms with Crippen LogP contribution in [0.3, 0.4) is 0 Å². The van der Waals surface area contributed by atoms with E-state index in [0.717, 1.165) is 13.0 Å². The van der Waals surface area contributed by atoms with Crippen molar-refractivity contribution in [2.24, 2.45) is 11.7 Å². The van der Waals surface area contributed by atoms with Crippen molar-refractivity contribution in [2.45, 2.75) is 91.3 Å². The number of hydrogen-bond donors (Lipinski definition) is 2. The van der Waals surface area contributed by atoms with Gasteiger partial charge in [0, 0.05) is 19.1 Å². The predicted octanol–water partition coefficient (Wildman–Crippen LogP) is 3.24. The number of hydrogen-bond acceptors (Lipinski definition) is 3. The van der Waals surface area contributed by atoms with Gasteiger partial charge in [0.05, 0.1) is 11.6 Å². The van der Waals surface area contributed by atoms with Gasteiger partial charge < -0.3 is 15.8 Å². The molecule has 0 aliphatic carbocycles. The van der Waals surface area contributed by atoms with Gasteiger partial charge in [-0.2, -0.15) is 0 Å². The van der Waals surface area contributed by atoms with Crippen molar-refractivity contribution < 1.29 is 9.53 Å². The molecule has 3 N–H and O–H groups in total. The average Bonchev–Trinajstić information content (AvgIpc) is 2.37. The zero-order valence-corrected chi connectivity index (χ0v) is 14.9. The van der Waals surface area contributed by atoms with Crippen LogP contribution in [0.4, 0.5) is 0 Å². The summed E-state index contributed by atoms with van der Waals surface area (Å²) in [5.41, 5.74) is 4.85. The smallest absolute Gasteiger partial charge is 0.237 e. The summed E-state index contributed by atoms with van der Waals surface area (Å²) in [5, 5.41) is 3.27. The Hall–Kier alpha value is -0.610. The highest BCUT2D eigenvalue weighted by molar-refractivity contribution is 5.84. The van der Waals surface area contributed by atoms with Gasteiger partial charge in [0.15, 0.2) is 0 Å². The molecule has 0 rings (SSSR count). The van der Waals surface area contributed by atoms with Crippen molar-refractivity contribution in [2.75, 3.05) is 6.61 Å². The molecule has 0 aromatic rings. The Balaban J connectivity index is 4.37. The molecule has 0 saturated carbocycles. The Bertz CT molecular complexity index is 295. The van der Waals surface area contributed by atoms with Gasteiger partial charge in [-0.25, -0.2) is 0 Å². The molecule has 0 fully saturated rings. The van der Waals surface area contributed by atoms with Crippen molar-refractivity contribution in [3.63, 3.8) is 0 Å². The highest BCUT2D eigenvalue weighted by atomic mass is 16.5. The lowest BCUT2D eigenvalue weighted by molar-refractivity contribution is -0.125. The van der Waals surface area contributed by atoms with Crippen LogP contribution in [0.25, 0.3) is 0 Å². The lowest BCUT2D eigenvalue weighted by Crippen LogP contribution is -2.57. The number of carbonyl (C=O) groups excluding carboxylic acids is 1. The van der Waals surface area contributed by atoms with E-state index in [1.165, 1.54) is 19.3 Å². The van der Waals surface area contributed by atoms with Crippen LogP contribution in [0.1, 0.15) is 73.6 Å². The summed E-state index contributed by atoms with van der Waals surface area (Å²) < 4.78 is 5.97. The number of carbonyl (C=O) groups is 1. The summed E-state index contributed by atoms with van der Waals surface area (Å²) in [7, 11) is 0. The first kappa shape index (κ1) is 20.4. The fourth-order valence-corrected chi connectivity index (χ4v) is 2.70. The monoisotopic (exact) mass is 300 g/mol. The second-order valence-corrected chi connectivity index (χ2v) is 6.76. The third kappa shape index (κ3) is 8.42. The summed E-state index contributed by atoms with van der Waals surface area (Å²) in [6, 6.07) is 0.211. The van der Waals surface area contributed by atoms with Crippen molar-refractivity contribution in [3.05, 3.63) is 0 Å². The van der Waals surface area contributed by atoms with Crippen LogP contribution in [-0.4, -0.2) is 30.2 Å². The third-order valence-corrected chi connectivity index (χ3v) is 4.01. The number of unbranched alkanes of at least 4 members (excludes halogenated alkanes) is 1. The highest BCUT2D eigenvalue weighted by Gasteiger charge is 2.33. The zero-order valence-electron chi connectivity index (χ0n) is 14.9. The number of rotatable bonds is 12. The van der Waals surface area contributed by atoms with Gasteiger partial charge in [0.1, 0.15) is 0 Å². The van der Waals surface area contributed by atoms with Gasteiger partial charge in [0.25, 0.3) is 0 Å². The van der Waals surface area contributed by atoms with E-state index in [2.05, 4.69) is 19.2 Å². The van der Waals surface area contributed by atoms with Crippen molar-refractivity contribution >= 4 is 5.91 Å². The van der Waals surface area contributed by atoms with Crippen molar-refractivity contribution in [3.8, 4) is 0 Å². The van der Waals surface area contributed by atoms with Gasteiger partial charge in [-0.05, 0) is 40.0 Å². The molecule has 1 amide bonds. The van der Waals surface area contributed by atoms with E-state index in [4.69, 9.17) is 10.5 Å². The SMILES string of the molecule is CCCCC(CC)COC(C)CC(C)(NC(C)C)C(N)=O. The van der Waals surface area contributed by atoms with Crippen LogP contribution < -0.4 is 11.1 Å². The Kier molecular flexibility index (Phi) is 9.88. The molecule has 3 atom stereocenters. The Morgan fingerprint density at radius 1 is 1.29 bits per heavy atom. The molecule has 21 heavy (non-hydrogen) atoms. The van der Waals surface area contributed by atoms with Gasteiger partial charge in [-0.15, -0.1) is 0 Å². The molecule has 0 saturated heterocycles. The molecular weight excluding hydrogens is 264 g/mol. The van der Waals surface area contributed by atoms with E-state index in [9.17, 15) is 4.79 Å². The van der Waals surface area contributed by atoms with Gasteiger partial charge in [-0.3, -0.25) is 4.79 Å². The summed E-state index contributed by atoms with van der Waals surface area (Å²) >= 11 is 0. The summed E-state index contributed by atoms with van der Waals surface area (Å²) in [4.78, 5) is 11.7. The van der Waals surface area contributed by atoms with Crippen molar-refractivity contribution in [1.82, 2.24) is 5.32 Å². The van der Waals surface area contributed by atoms with E-state index in [0.29, 0.717) is 12.3 Å². The van der Waals surface area contributed by atoms with Crippen LogP contribution in [0.5, 0.6) is 0 Å². The molecule has 0 aliphatic rings. The standard InChI is InChI=1S/C17H36N2O2/c1-7-9-10-15(8-2)12-21-14(5)11-17(6,16(18)20)19-13(3)4/h13-15,19H,7-12H2,1-6H3,(H2,18,20). The molecular formula is C17H36N2O2. The van der Waals surface area contributed by atoms with E-state index < -0.39 is 5.54 Å². The normalized spacial score (nSPS) is 17.5. The number of nitrogens with one attached hydrogen (secondary N) is 1. The lowest BCUT2D eigenvalue weighted by Gasteiger charge is -2.32. The quantitative estimate of drug-likeness (QED) is 0.581. The fraction of sp³-hybridized carbons (Fsp3) is 0.941. The molecule has 3 unspecified atom stereocenters. The molecule has 4 nitrogen and oxygen atoms in total. The van der Waals surface area contributed by atoms with E-state index in [1.807, 2.05) is 27.7 Å². The maximum atomic E-state index is 11.7. The maximum Gasteiger partial charge on any atom is 0.237 e. The first-order valence-electron chi connectivity index (χ1n) is 8.44. The zero-order chi connectivity index (χ0) is 16.5. The molecule has 0 heterocycles.